The minimum absolute atomic E-state index is 0.256. The Balaban J connectivity index is 2.07. The van der Waals surface area contributed by atoms with Crippen molar-refractivity contribution in [3.8, 4) is 0 Å². The van der Waals surface area contributed by atoms with Crippen molar-refractivity contribution in [1.82, 2.24) is 0 Å². The fourth-order valence-electron chi connectivity index (χ4n) is 2.14. The van der Waals surface area contributed by atoms with Gasteiger partial charge in [-0.25, -0.2) is 0 Å². The van der Waals surface area contributed by atoms with E-state index >= 15 is 0 Å². The summed E-state index contributed by atoms with van der Waals surface area (Å²) in [5.41, 5.74) is 4.59. The summed E-state index contributed by atoms with van der Waals surface area (Å²) in [6.07, 6.45) is 1.01. The van der Waals surface area contributed by atoms with E-state index in [4.69, 9.17) is 0 Å². The summed E-state index contributed by atoms with van der Waals surface area (Å²) in [4.78, 5) is 12.1. The largest absolute Gasteiger partial charge is 0.299 e. The van der Waals surface area contributed by atoms with Crippen LogP contribution in [0, 0.1) is 13.8 Å². The molecular formula is C17H17BrO. The summed E-state index contributed by atoms with van der Waals surface area (Å²) in [5, 5.41) is 0. The first-order chi connectivity index (χ1) is 9.04. The highest BCUT2D eigenvalue weighted by Crippen LogP contribution is 2.15. The second-order valence-electron chi connectivity index (χ2n) is 4.95. The fourth-order valence-corrected chi connectivity index (χ4v) is 2.59. The van der Waals surface area contributed by atoms with Crippen molar-refractivity contribution in [3.63, 3.8) is 0 Å². The molecule has 0 bridgehead atoms. The zero-order chi connectivity index (χ0) is 13.8. The van der Waals surface area contributed by atoms with E-state index in [2.05, 4.69) is 48.0 Å². The smallest absolute Gasteiger partial charge is 0.141 e. The Labute approximate surface area is 122 Å². The Morgan fingerprint density at radius 3 is 2.58 bits per heavy atom. The Morgan fingerprint density at radius 1 is 1.05 bits per heavy atom. The van der Waals surface area contributed by atoms with Gasteiger partial charge in [-0.15, -0.1) is 0 Å². The molecular weight excluding hydrogens is 300 g/mol. The molecule has 0 aliphatic rings. The van der Waals surface area contributed by atoms with Gasteiger partial charge >= 0.3 is 0 Å². The molecule has 2 heteroatoms. The number of halogens is 1. The molecule has 0 atom stereocenters. The SMILES string of the molecule is Cc1ccc(C)c(CC(=O)Cc2cccc(Br)c2)c1. The zero-order valence-electron chi connectivity index (χ0n) is 11.2. The molecule has 0 N–H and O–H groups in total. The average Bonchev–Trinajstić information content (AvgIpc) is 2.34. The molecule has 0 aliphatic carbocycles. The third kappa shape index (κ3) is 4.03. The second kappa shape index (κ2) is 6.16. The number of benzene rings is 2. The molecule has 98 valence electrons. The van der Waals surface area contributed by atoms with Crippen molar-refractivity contribution in [1.29, 1.82) is 0 Å². The molecule has 0 spiro atoms. The zero-order valence-corrected chi connectivity index (χ0v) is 12.8. The maximum atomic E-state index is 12.1. The fraction of sp³-hybridized carbons (Fsp3) is 0.235. The van der Waals surface area contributed by atoms with Crippen molar-refractivity contribution >= 4 is 21.7 Å². The number of hydrogen-bond acceptors (Lipinski definition) is 1. The van der Waals surface area contributed by atoms with Crippen LogP contribution < -0.4 is 0 Å². The van der Waals surface area contributed by atoms with E-state index in [-0.39, 0.29) is 5.78 Å². The first-order valence-corrected chi connectivity index (χ1v) is 7.16. The molecule has 0 saturated heterocycles. The van der Waals surface area contributed by atoms with Gasteiger partial charge in [-0.3, -0.25) is 4.79 Å². The number of carbonyl (C=O) groups excluding carboxylic acids is 1. The normalized spacial score (nSPS) is 10.5. The molecule has 0 unspecified atom stereocenters. The molecule has 2 rings (SSSR count). The predicted octanol–water partition coefficient (Wildman–Crippen LogP) is 4.42. The van der Waals surface area contributed by atoms with E-state index in [0.717, 1.165) is 15.6 Å². The Morgan fingerprint density at radius 2 is 1.84 bits per heavy atom. The van der Waals surface area contributed by atoms with Gasteiger partial charge in [0.2, 0.25) is 0 Å². The van der Waals surface area contributed by atoms with Crippen LogP contribution in [-0.4, -0.2) is 5.78 Å². The quantitative estimate of drug-likeness (QED) is 0.816. The van der Waals surface area contributed by atoms with Gasteiger partial charge in [0, 0.05) is 17.3 Å². The Bertz CT molecular complexity index is 602. The van der Waals surface area contributed by atoms with E-state index in [0.29, 0.717) is 12.8 Å². The number of ketones is 1. The van der Waals surface area contributed by atoms with E-state index in [1.807, 2.05) is 24.3 Å². The molecule has 19 heavy (non-hydrogen) atoms. The number of carbonyl (C=O) groups is 1. The van der Waals surface area contributed by atoms with E-state index in [1.165, 1.54) is 11.1 Å². The van der Waals surface area contributed by atoms with Gasteiger partial charge in [0.1, 0.15) is 5.78 Å². The molecule has 2 aromatic carbocycles. The number of rotatable bonds is 4. The summed E-state index contributed by atoms with van der Waals surface area (Å²) < 4.78 is 1.02. The van der Waals surface area contributed by atoms with Crippen molar-refractivity contribution in [2.24, 2.45) is 0 Å². The lowest BCUT2D eigenvalue weighted by Gasteiger charge is -2.07. The van der Waals surface area contributed by atoms with Crippen LogP contribution in [0.25, 0.3) is 0 Å². The van der Waals surface area contributed by atoms with Gasteiger partial charge in [0.15, 0.2) is 0 Å². The number of Topliss-reactive ketones (excluding diaryl/α,β-unsaturated/α-hetero) is 1. The van der Waals surface area contributed by atoms with Gasteiger partial charge in [-0.2, -0.15) is 0 Å². The molecule has 0 aromatic heterocycles. The van der Waals surface area contributed by atoms with Crippen LogP contribution in [0.4, 0.5) is 0 Å². The van der Waals surface area contributed by atoms with Crippen LogP contribution >= 0.6 is 15.9 Å². The minimum Gasteiger partial charge on any atom is -0.299 e. The van der Waals surface area contributed by atoms with Gasteiger partial charge < -0.3 is 0 Å². The number of aryl methyl sites for hydroxylation is 2. The molecule has 1 nitrogen and oxygen atoms in total. The van der Waals surface area contributed by atoms with Crippen LogP contribution in [0.5, 0.6) is 0 Å². The second-order valence-corrected chi connectivity index (χ2v) is 5.87. The third-order valence-corrected chi connectivity index (χ3v) is 3.68. The van der Waals surface area contributed by atoms with Crippen LogP contribution in [0.15, 0.2) is 46.9 Å². The van der Waals surface area contributed by atoms with Crippen LogP contribution in [0.1, 0.15) is 22.3 Å². The maximum Gasteiger partial charge on any atom is 0.141 e. The highest BCUT2D eigenvalue weighted by Gasteiger charge is 2.08. The summed E-state index contributed by atoms with van der Waals surface area (Å²) >= 11 is 3.43. The lowest BCUT2D eigenvalue weighted by atomic mass is 9.98. The highest BCUT2D eigenvalue weighted by molar-refractivity contribution is 9.10. The molecule has 0 fully saturated rings. The average molecular weight is 317 g/mol. The van der Waals surface area contributed by atoms with E-state index in [1.54, 1.807) is 0 Å². The molecule has 0 radical (unpaired) electrons. The van der Waals surface area contributed by atoms with Crippen LogP contribution in [-0.2, 0) is 17.6 Å². The van der Waals surface area contributed by atoms with E-state index in [9.17, 15) is 4.79 Å². The lowest BCUT2D eigenvalue weighted by molar-refractivity contribution is -0.117. The summed E-state index contributed by atoms with van der Waals surface area (Å²) in [6.45, 7) is 4.11. The minimum atomic E-state index is 0.256. The van der Waals surface area contributed by atoms with Crippen LogP contribution in [0.2, 0.25) is 0 Å². The third-order valence-electron chi connectivity index (χ3n) is 3.18. The van der Waals surface area contributed by atoms with Crippen molar-refractivity contribution in [3.05, 3.63) is 69.2 Å². The van der Waals surface area contributed by atoms with Crippen molar-refractivity contribution in [2.45, 2.75) is 26.7 Å². The molecule has 2 aromatic rings. The maximum absolute atomic E-state index is 12.1. The first-order valence-electron chi connectivity index (χ1n) is 6.37. The van der Waals surface area contributed by atoms with Crippen LogP contribution in [0.3, 0.4) is 0 Å². The molecule has 0 aliphatic heterocycles. The Kier molecular flexibility index (Phi) is 4.54. The topological polar surface area (TPSA) is 17.1 Å². The number of hydrogen-bond donors (Lipinski definition) is 0. The van der Waals surface area contributed by atoms with Gasteiger partial charge in [0.05, 0.1) is 0 Å². The standard InChI is InChI=1S/C17H17BrO/c1-12-6-7-13(2)15(8-12)11-17(19)10-14-4-3-5-16(18)9-14/h3-9H,10-11H2,1-2H3. The van der Waals surface area contributed by atoms with Crippen molar-refractivity contribution < 1.29 is 4.79 Å². The summed E-state index contributed by atoms with van der Waals surface area (Å²) in [6, 6.07) is 14.2. The first kappa shape index (κ1) is 14.0. The van der Waals surface area contributed by atoms with Gasteiger partial charge in [0.25, 0.3) is 0 Å². The monoisotopic (exact) mass is 316 g/mol. The van der Waals surface area contributed by atoms with Crippen molar-refractivity contribution in [2.75, 3.05) is 0 Å². The predicted molar refractivity (Wildman–Crippen MR) is 82.5 cm³/mol. The van der Waals surface area contributed by atoms with E-state index < -0.39 is 0 Å². The molecule has 0 heterocycles. The summed E-state index contributed by atoms with van der Waals surface area (Å²) in [7, 11) is 0. The molecule has 0 saturated carbocycles. The lowest BCUT2D eigenvalue weighted by Crippen LogP contribution is -2.07. The highest BCUT2D eigenvalue weighted by atomic mass is 79.9. The van der Waals surface area contributed by atoms with Gasteiger partial charge in [-0.1, -0.05) is 51.8 Å². The Hall–Kier alpha value is -1.41. The molecule has 0 amide bonds. The summed E-state index contributed by atoms with van der Waals surface area (Å²) in [5.74, 6) is 0.256. The van der Waals surface area contributed by atoms with Gasteiger partial charge in [-0.05, 0) is 42.7 Å².